The third-order valence-electron chi connectivity index (χ3n) is 6.26. The van der Waals surface area contributed by atoms with Gasteiger partial charge >= 0.3 is 0 Å². The molecule has 0 aliphatic carbocycles. The van der Waals surface area contributed by atoms with Gasteiger partial charge in [0.25, 0.3) is 17.7 Å². The summed E-state index contributed by atoms with van der Waals surface area (Å²) in [5, 5.41) is 2.99. The van der Waals surface area contributed by atoms with E-state index in [0.29, 0.717) is 29.3 Å². The van der Waals surface area contributed by atoms with Crippen molar-refractivity contribution in [1.29, 1.82) is 0 Å². The molecule has 6 heteroatoms. The van der Waals surface area contributed by atoms with E-state index in [1.54, 1.807) is 42.5 Å². The smallest absolute Gasteiger partial charge is 0.261 e. The lowest BCUT2D eigenvalue weighted by molar-refractivity contribution is 0.0642. The third-order valence-corrected chi connectivity index (χ3v) is 6.26. The molecule has 1 saturated heterocycles. The molecule has 2 aromatic carbocycles. The number of hydrogen-bond donors (Lipinski definition) is 1. The monoisotopic (exact) mass is 419 g/mol. The molecule has 0 bridgehead atoms. The lowest BCUT2D eigenvalue weighted by Gasteiger charge is -2.33. The summed E-state index contributed by atoms with van der Waals surface area (Å²) in [6.45, 7) is 5.21. The summed E-state index contributed by atoms with van der Waals surface area (Å²) in [6.07, 6.45) is 4.75. The first-order chi connectivity index (χ1) is 15.0. The van der Waals surface area contributed by atoms with E-state index >= 15 is 0 Å². The Balaban J connectivity index is 1.31. The second-order valence-corrected chi connectivity index (χ2v) is 8.43. The van der Waals surface area contributed by atoms with Crippen molar-refractivity contribution in [2.75, 3.05) is 19.6 Å². The van der Waals surface area contributed by atoms with Gasteiger partial charge in [0.15, 0.2) is 0 Å². The Kier molecular flexibility index (Phi) is 6.47. The van der Waals surface area contributed by atoms with E-state index < -0.39 is 0 Å². The van der Waals surface area contributed by atoms with Gasteiger partial charge in [0.2, 0.25) is 0 Å². The fourth-order valence-corrected chi connectivity index (χ4v) is 4.45. The van der Waals surface area contributed by atoms with Crippen molar-refractivity contribution in [2.45, 2.75) is 45.2 Å². The number of nitrogens with one attached hydrogen (secondary N) is 1. The van der Waals surface area contributed by atoms with E-state index in [-0.39, 0.29) is 24.3 Å². The Bertz CT molecular complexity index is 952. The zero-order valence-electron chi connectivity index (χ0n) is 18.0. The zero-order valence-corrected chi connectivity index (χ0v) is 18.0. The number of piperidine rings is 1. The van der Waals surface area contributed by atoms with E-state index in [0.717, 1.165) is 25.1 Å². The molecule has 0 unspecified atom stereocenters. The summed E-state index contributed by atoms with van der Waals surface area (Å²) < 4.78 is 0. The summed E-state index contributed by atoms with van der Waals surface area (Å²) in [5.74, 6) is -0.708. The average molecular weight is 420 g/mol. The largest absolute Gasteiger partial charge is 0.352 e. The Morgan fingerprint density at radius 3 is 2.48 bits per heavy atom. The molecular weight excluding hydrogens is 390 g/mol. The highest BCUT2D eigenvalue weighted by molar-refractivity contribution is 6.21. The van der Waals surface area contributed by atoms with Gasteiger partial charge in [-0.2, -0.15) is 0 Å². The molecule has 2 aliphatic rings. The van der Waals surface area contributed by atoms with Crippen LogP contribution in [0, 0.1) is 0 Å². The van der Waals surface area contributed by atoms with E-state index in [2.05, 4.69) is 17.1 Å². The number of fused-ring (bicyclic) bond motifs is 1. The summed E-state index contributed by atoms with van der Waals surface area (Å²) in [7, 11) is 0. The van der Waals surface area contributed by atoms with Gasteiger partial charge in [0.05, 0.1) is 17.7 Å². The Morgan fingerprint density at radius 1 is 1.03 bits per heavy atom. The van der Waals surface area contributed by atoms with Crippen LogP contribution < -0.4 is 5.32 Å². The molecule has 4 rings (SSSR count). The fraction of sp³-hybridized carbons (Fsp3) is 0.400. The molecule has 2 heterocycles. The maximum absolute atomic E-state index is 12.6. The molecule has 1 fully saturated rings. The number of likely N-dealkylation sites (tertiary alicyclic amines) is 1. The Morgan fingerprint density at radius 2 is 1.77 bits per heavy atom. The number of carbonyl (C=O) groups is 3. The quantitative estimate of drug-likeness (QED) is 0.551. The third kappa shape index (κ3) is 4.69. The van der Waals surface area contributed by atoms with Crippen molar-refractivity contribution >= 4 is 17.7 Å². The topological polar surface area (TPSA) is 69.7 Å². The van der Waals surface area contributed by atoms with Crippen LogP contribution in [-0.4, -0.2) is 53.2 Å². The maximum Gasteiger partial charge on any atom is 0.261 e. The molecule has 1 atom stereocenters. The Labute approximate surface area is 183 Å². The van der Waals surface area contributed by atoms with Gasteiger partial charge in [0.1, 0.15) is 0 Å². The normalized spacial score (nSPS) is 18.9. The van der Waals surface area contributed by atoms with Gasteiger partial charge in [-0.1, -0.05) is 30.7 Å². The molecule has 0 aromatic heterocycles. The summed E-state index contributed by atoms with van der Waals surface area (Å²) in [4.78, 5) is 41.5. The van der Waals surface area contributed by atoms with Crippen molar-refractivity contribution in [3.8, 4) is 0 Å². The van der Waals surface area contributed by atoms with E-state index in [1.807, 2.05) is 6.07 Å². The minimum absolute atomic E-state index is 0.129. The van der Waals surface area contributed by atoms with Gasteiger partial charge in [-0.05, 0) is 62.6 Å². The lowest BCUT2D eigenvalue weighted by atomic mass is 10.0. The standard InChI is InChI=1S/C25H29N3O3/c1-18-8-4-5-14-27(18)15-7-13-26-23(29)20-10-6-9-19(16-20)17-28-24(30)21-11-2-3-12-22(21)25(28)31/h2-3,6,9-12,16,18H,4-5,7-8,13-15,17H2,1H3,(H,26,29)/t18-/m1/s1. The number of imide groups is 1. The number of rotatable bonds is 7. The van der Waals surface area contributed by atoms with E-state index in [1.165, 1.54) is 24.2 Å². The first-order valence-electron chi connectivity index (χ1n) is 11.1. The molecule has 2 aromatic rings. The number of nitrogens with zero attached hydrogens (tertiary/aromatic N) is 2. The number of amides is 3. The molecule has 6 nitrogen and oxygen atoms in total. The highest BCUT2D eigenvalue weighted by Crippen LogP contribution is 2.24. The van der Waals surface area contributed by atoms with Crippen molar-refractivity contribution in [2.24, 2.45) is 0 Å². The molecule has 162 valence electrons. The number of carbonyl (C=O) groups excluding carboxylic acids is 3. The highest BCUT2D eigenvalue weighted by Gasteiger charge is 2.35. The van der Waals surface area contributed by atoms with Crippen LogP contribution in [0.2, 0.25) is 0 Å². The maximum atomic E-state index is 12.6. The highest BCUT2D eigenvalue weighted by atomic mass is 16.2. The summed E-state index contributed by atoms with van der Waals surface area (Å²) >= 11 is 0. The van der Waals surface area contributed by atoms with Crippen molar-refractivity contribution in [1.82, 2.24) is 15.1 Å². The molecule has 2 aliphatic heterocycles. The van der Waals surface area contributed by atoms with E-state index in [4.69, 9.17) is 0 Å². The van der Waals surface area contributed by atoms with Crippen molar-refractivity contribution in [3.05, 3.63) is 70.8 Å². The molecule has 0 spiro atoms. The van der Waals surface area contributed by atoms with Crippen LogP contribution in [0.4, 0.5) is 0 Å². The van der Waals surface area contributed by atoms with Crippen LogP contribution in [0.5, 0.6) is 0 Å². The first-order valence-corrected chi connectivity index (χ1v) is 11.1. The van der Waals surface area contributed by atoms with Crippen molar-refractivity contribution < 1.29 is 14.4 Å². The molecule has 1 N–H and O–H groups in total. The number of hydrogen-bond acceptors (Lipinski definition) is 4. The SMILES string of the molecule is C[C@@H]1CCCCN1CCCNC(=O)c1cccc(CN2C(=O)c3ccccc3C2=O)c1. The van der Waals surface area contributed by atoms with Crippen LogP contribution in [0.3, 0.4) is 0 Å². The van der Waals surface area contributed by atoms with Gasteiger partial charge in [-0.25, -0.2) is 0 Å². The summed E-state index contributed by atoms with van der Waals surface area (Å²) in [6, 6.07) is 14.6. The van der Waals surface area contributed by atoms with Crippen LogP contribution in [0.1, 0.15) is 69.2 Å². The van der Waals surface area contributed by atoms with Gasteiger partial charge in [-0.15, -0.1) is 0 Å². The molecular formula is C25H29N3O3. The lowest BCUT2D eigenvalue weighted by Crippen LogP contribution is -2.39. The van der Waals surface area contributed by atoms with Gasteiger partial charge in [0, 0.05) is 24.7 Å². The molecule has 0 radical (unpaired) electrons. The fourth-order valence-electron chi connectivity index (χ4n) is 4.45. The minimum Gasteiger partial charge on any atom is -0.352 e. The molecule has 3 amide bonds. The predicted octanol–water partition coefficient (Wildman–Crippen LogP) is 3.48. The Hall–Kier alpha value is -2.99. The van der Waals surface area contributed by atoms with Crippen LogP contribution in [-0.2, 0) is 6.54 Å². The number of benzene rings is 2. The molecule has 0 saturated carbocycles. The predicted molar refractivity (Wildman–Crippen MR) is 119 cm³/mol. The summed E-state index contributed by atoms with van der Waals surface area (Å²) in [5.41, 5.74) is 2.17. The second-order valence-electron chi connectivity index (χ2n) is 8.43. The van der Waals surface area contributed by atoms with Gasteiger partial charge in [-0.3, -0.25) is 19.3 Å². The second kappa shape index (κ2) is 9.43. The zero-order chi connectivity index (χ0) is 21.8. The molecule has 31 heavy (non-hydrogen) atoms. The minimum atomic E-state index is -0.289. The van der Waals surface area contributed by atoms with Crippen LogP contribution in [0.15, 0.2) is 48.5 Å². The van der Waals surface area contributed by atoms with Crippen molar-refractivity contribution in [3.63, 3.8) is 0 Å². The first kappa shape index (κ1) is 21.2. The van der Waals surface area contributed by atoms with E-state index in [9.17, 15) is 14.4 Å². The van der Waals surface area contributed by atoms with Gasteiger partial charge < -0.3 is 10.2 Å². The van der Waals surface area contributed by atoms with Crippen LogP contribution in [0.25, 0.3) is 0 Å². The average Bonchev–Trinajstić information content (AvgIpc) is 3.03. The van der Waals surface area contributed by atoms with Crippen LogP contribution >= 0.6 is 0 Å².